The zero-order valence-electron chi connectivity index (χ0n) is 10.8. The van der Waals surface area contributed by atoms with E-state index < -0.39 is 17.5 Å². The summed E-state index contributed by atoms with van der Waals surface area (Å²) in [4.78, 5) is 0. The van der Waals surface area contributed by atoms with E-state index in [9.17, 15) is 13.2 Å². The SMILES string of the molecule is N/C(=N/O)c1cc(F)cc(CNc2cc(F)ccc2F)c1. The van der Waals surface area contributed by atoms with Crippen molar-refractivity contribution >= 4 is 11.5 Å². The molecule has 0 atom stereocenters. The maximum atomic E-state index is 13.4. The second-order valence-electron chi connectivity index (χ2n) is 4.31. The van der Waals surface area contributed by atoms with Crippen LogP contribution in [0.2, 0.25) is 0 Å². The van der Waals surface area contributed by atoms with E-state index in [2.05, 4.69) is 10.5 Å². The van der Waals surface area contributed by atoms with Crippen molar-refractivity contribution in [1.29, 1.82) is 0 Å². The van der Waals surface area contributed by atoms with Crippen LogP contribution in [0.1, 0.15) is 11.1 Å². The third-order valence-electron chi connectivity index (χ3n) is 2.77. The Morgan fingerprint density at radius 2 is 1.86 bits per heavy atom. The smallest absolute Gasteiger partial charge is 0.170 e. The lowest BCUT2D eigenvalue weighted by Crippen LogP contribution is -2.14. The number of amidine groups is 1. The van der Waals surface area contributed by atoms with Gasteiger partial charge in [0, 0.05) is 12.1 Å². The predicted molar refractivity (Wildman–Crippen MR) is 72.6 cm³/mol. The Morgan fingerprint density at radius 3 is 2.57 bits per heavy atom. The van der Waals surface area contributed by atoms with Crippen LogP contribution < -0.4 is 11.1 Å². The van der Waals surface area contributed by atoms with Gasteiger partial charge in [0.05, 0.1) is 5.69 Å². The quantitative estimate of drug-likeness (QED) is 0.351. The van der Waals surface area contributed by atoms with Gasteiger partial charge < -0.3 is 16.3 Å². The van der Waals surface area contributed by atoms with Gasteiger partial charge in [-0.3, -0.25) is 0 Å². The number of hydrogen-bond donors (Lipinski definition) is 3. The molecule has 110 valence electrons. The van der Waals surface area contributed by atoms with E-state index in [4.69, 9.17) is 10.9 Å². The molecule has 0 aliphatic carbocycles. The maximum Gasteiger partial charge on any atom is 0.170 e. The second kappa shape index (κ2) is 6.17. The molecule has 0 aliphatic heterocycles. The lowest BCUT2D eigenvalue weighted by atomic mass is 10.1. The number of halogens is 3. The van der Waals surface area contributed by atoms with Crippen molar-refractivity contribution in [2.45, 2.75) is 6.54 Å². The van der Waals surface area contributed by atoms with Gasteiger partial charge in [0.1, 0.15) is 17.5 Å². The first-order valence-electron chi connectivity index (χ1n) is 5.96. The van der Waals surface area contributed by atoms with Crippen molar-refractivity contribution in [2.24, 2.45) is 10.9 Å². The molecule has 0 bridgehead atoms. The average molecular weight is 295 g/mol. The molecule has 4 N–H and O–H groups in total. The molecular formula is C14H12F3N3O. The molecule has 0 aromatic heterocycles. The topological polar surface area (TPSA) is 70.6 Å². The number of anilines is 1. The van der Waals surface area contributed by atoms with E-state index >= 15 is 0 Å². The fourth-order valence-corrected chi connectivity index (χ4v) is 1.79. The monoisotopic (exact) mass is 295 g/mol. The molecule has 0 unspecified atom stereocenters. The first kappa shape index (κ1) is 14.7. The van der Waals surface area contributed by atoms with Crippen LogP contribution in [-0.2, 0) is 6.54 Å². The van der Waals surface area contributed by atoms with Crippen LogP contribution in [0.15, 0.2) is 41.6 Å². The van der Waals surface area contributed by atoms with Crippen LogP contribution in [0.5, 0.6) is 0 Å². The molecule has 2 aromatic rings. The molecule has 2 rings (SSSR count). The number of rotatable bonds is 4. The summed E-state index contributed by atoms with van der Waals surface area (Å²) >= 11 is 0. The van der Waals surface area contributed by atoms with Crippen LogP contribution in [0, 0.1) is 17.5 Å². The van der Waals surface area contributed by atoms with Gasteiger partial charge in [0.15, 0.2) is 5.84 Å². The third-order valence-corrected chi connectivity index (χ3v) is 2.77. The van der Waals surface area contributed by atoms with Gasteiger partial charge in [0.2, 0.25) is 0 Å². The van der Waals surface area contributed by atoms with Crippen LogP contribution in [0.3, 0.4) is 0 Å². The van der Waals surface area contributed by atoms with E-state index in [0.29, 0.717) is 5.56 Å². The average Bonchev–Trinajstić information content (AvgIpc) is 2.46. The van der Waals surface area contributed by atoms with E-state index in [1.807, 2.05) is 0 Å². The van der Waals surface area contributed by atoms with Crippen LogP contribution in [0.4, 0.5) is 18.9 Å². The standard InChI is InChI=1S/C14H12F3N3O/c15-10-1-2-12(17)13(6-10)19-7-8-3-9(14(18)20-21)5-11(16)4-8/h1-6,19,21H,7H2,(H2,18,20). The lowest BCUT2D eigenvalue weighted by Gasteiger charge is -2.09. The van der Waals surface area contributed by atoms with E-state index in [1.165, 1.54) is 12.1 Å². The summed E-state index contributed by atoms with van der Waals surface area (Å²) in [6, 6.07) is 6.77. The normalized spacial score (nSPS) is 11.5. The number of nitrogens with one attached hydrogen (secondary N) is 1. The minimum Gasteiger partial charge on any atom is -0.409 e. The third kappa shape index (κ3) is 3.65. The van der Waals surface area contributed by atoms with Crippen LogP contribution in [0.25, 0.3) is 0 Å². The molecule has 0 aliphatic rings. The number of hydrogen-bond acceptors (Lipinski definition) is 3. The van der Waals surface area contributed by atoms with Gasteiger partial charge >= 0.3 is 0 Å². The molecule has 0 saturated carbocycles. The number of nitrogens with zero attached hydrogens (tertiary/aromatic N) is 1. The lowest BCUT2D eigenvalue weighted by molar-refractivity contribution is 0.318. The van der Waals surface area contributed by atoms with Crippen molar-refractivity contribution in [3.63, 3.8) is 0 Å². The summed E-state index contributed by atoms with van der Waals surface area (Å²) in [6.07, 6.45) is 0. The van der Waals surface area contributed by atoms with Crippen molar-refractivity contribution in [2.75, 3.05) is 5.32 Å². The Bertz CT molecular complexity index is 689. The summed E-state index contributed by atoms with van der Waals surface area (Å²) < 4.78 is 39.9. The zero-order valence-corrected chi connectivity index (χ0v) is 10.8. The Balaban J connectivity index is 2.20. The van der Waals surface area contributed by atoms with Gasteiger partial charge in [-0.2, -0.15) is 0 Å². The van der Waals surface area contributed by atoms with Crippen molar-refractivity contribution in [1.82, 2.24) is 0 Å². The van der Waals surface area contributed by atoms with Gasteiger partial charge in [0.25, 0.3) is 0 Å². The summed E-state index contributed by atoms with van der Waals surface area (Å²) in [5, 5.41) is 14.0. The Hall–Kier alpha value is -2.70. The van der Waals surface area contributed by atoms with Gasteiger partial charge in [-0.05, 0) is 42.0 Å². The van der Waals surface area contributed by atoms with Gasteiger partial charge in [-0.25, -0.2) is 13.2 Å². The molecule has 7 heteroatoms. The Kier molecular flexibility index (Phi) is 4.32. The van der Waals surface area contributed by atoms with Gasteiger partial charge in [-0.15, -0.1) is 0 Å². The van der Waals surface area contributed by atoms with E-state index in [1.54, 1.807) is 0 Å². The molecule has 21 heavy (non-hydrogen) atoms. The van der Waals surface area contributed by atoms with Crippen LogP contribution in [-0.4, -0.2) is 11.0 Å². The minimum atomic E-state index is -0.621. The first-order valence-corrected chi connectivity index (χ1v) is 5.96. The molecule has 0 amide bonds. The molecule has 0 saturated heterocycles. The molecule has 0 fully saturated rings. The highest BCUT2D eigenvalue weighted by Gasteiger charge is 2.07. The molecule has 0 heterocycles. The summed E-state index contributed by atoms with van der Waals surface area (Å²) in [6.45, 7) is 0.0455. The number of benzene rings is 2. The van der Waals surface area contributed by atoms with Gasteiger partial charge in [-0.1, -0.05) is 5.16 Å². The molecular weight excluding hydrogens is 283 g/mol. The summed E-state index contributed by atoms with van der Waals surface area (Å²) in [5.41, 5.74) is 5.97. The number of nitrogens with two attached hydrogens (primary N) is 1. The van der Waals surface area contributed by atoms with Crippen molar-refractivity contribution in [3.05, 3.63) is 65.0 Å². The molecule has 0 radical (unpaired) electrons. The van der Waals surface area contributed by atoms with Crippen molar-refractivity contribution < 1.29 is 18.4 Å². The fraction of sp³-hybridized carbons (Fsp3) is 0.0714. The Labute approximate surface area is 118 Å². The first-order chi connectivity index (χ1) is 9.99. The Morgan fingerprint density at radius 1 is 1.10 bits per heavy atom. The number of oxime groups is 1. The highest BCUT2D eigenvalue weighted by atomic mass is 19.1. The highest BCUT2D eigenvalue weighted by Crippen LogP contribution is 2.17. The second-order valence-corrected chi connectivity index (χ2v) is 4.31. The van der Waals surface area contributed by atoms with E-state index in [-0.39, 0.29) is 23.6 Å². The van der Waals surface area contributed by atoms with E-state index in [0.717, 1.165) is 24.3 Å². The summed E-state index contributed by atoms with van der Waals surface area (Å²) in [5.74, 6) is -2.04. The van der Waals surface area contributed by atoms with Crippen LogP contribution >= 0.6 is 0 Å². The summed E-state index contributed by atoms with van der Waals surface area (Å²) in [7, 11) is 0. The fourth-order valence-electron chi connectivity index (χ4n) is 1.79. The maximum absolute atomic E-state index is 13.4. The minimum absolute atomic E-state index is 0.0374. The largest absolute Gasteiger partial charge is 0.409 e. The predicted octanol–water partition coefficient (Wildman–Crippen LogP) is 2.81. The molecule has 4 nitrogen and oxygen atoms in total. The molecule has 0 spiro atoms. The zero-order chi connectivity index (χ0) is 15.4. The molecule has 2 aromatic carbocycles. The van der Waals surface area contributed by atoms with Crippen molar-refractivity contribution in [3.8, 4) is 0 Å². The highest BCUT2D eigenvalue weighted by molar-refractivity contribution is 5.97.